The van der Waals surface area contributed by atoms with Crippen molar-refractivity contribution in [1.29, 1.82) is 0 Å². The summed E-state index contributed by atoms with van der Waals surface area (Å²) in [6.45, 7) is 1.87. The van der Waals surface area contributed by atoms with Crippen molar-refractivity contribution in [3.8, 4) is 0 Å². The lowest BCUT2D eigenvalue weighted by Crippen LogP contribution is -2.34. The van der Waals surface area contributed by atoms with Gasteiger partial charge in [-0.3, -0.25) is 0 Å². The summed E-state index contributed by atoms with van der Waals surface area (Å²) in [4.78, 5) is 4.03. The molecule has 1 unspecified atom stereocenters. The lowest BCUT2D eigenvalue weighted by molar-refractivity contribution is 0.562. The van der Waals surface area contributed by atoms with E-state index in [1.165, 1.54) is 0 Å². The normalized spacial score (nSPS) is 23.3. The molecule has 94 valence electrons. The molecule has 1 N–H and O–H groups in total. The molecular formula is C11H15ClN2O2S. The summed E-state index contributed by atoms with van der Waals surface area (Å²) >= 11 is 5.83. The molecule has 0 radical (unpaired) electrons. The summed E-state index contributed by atoms with van der Waals surface area (Å²) in [6.07, 6.45) is 3.23. The van der Waals surface area contributed by atoms with Gasteiger partial charge in [-0.25, -0.2) is 13.4 Å². The van der Waals surface area contributed by atoms with Gasteiger partial charge < -0.3 is 5.32 Å². The molecule has 1 aliphatic heterocycles. The van der Waals surface area contributed by atoms with Gasteiger partial charge >= 0.3 is 0 Å². The van der Waals surface area contributed by atoms with Crippen molar-refractivity contribution >= 4 is 27.1 Å². The number of anilines is 1. The van der Waals surface area contributed by atoms with Crippen LogP contribution in [0, 0.1) is 6.92 Å². The fraction of sp³-hybridized carbons (Fsp3) is 0.545. The highest BCUT2D eigenvalue weighted by Gasteiger charge is 2.24. The highest BCUT2D eigenvalue weighted by Crippen LogP contribution is 2.20. The van der Waals surface area contributed by atoms with Crippen LogP contribution in [0.3, 0.4) is 0 Å². The minimum atomic E-state index is -2.88. The van der Waals surface area contributed by atoms with Crippen LogP contribution in [-0.2, 0) is 9.84 Å². The van der Waals surface area contributed by atoms with E-state index in [9.17, 15) is 8.42 Å². The van der Waals surface area contributed by atoms with Gasteiger partial charge in [0.05, 0.1) is 23.4 Å². The van der Waals surface area contributed by atoms with Gasteiger partial charge in [-0.05, 0) is 31.4 Å². The lowest BCUT2D eigenvalue weighted by Gasteiger charge is -2.24. The Hall–Kier alpha value is -0.810. The summed E-state index contributed by atoms with van der Waals surface area (Å²) in [6, 6.07) is 1.87. The molecular weight excluding hydrogens is 260 g/mol. The van der Waals surface area contributed by atoms with Crippen molar-refractivity contribution in [2.75, 3.05) is 16.8 Å². The number of nitrogens with zero attached hydrogens (tertiary/aromatic N) is 1. The van der Waals surface area contributed by atoms with E-state index >= 15 is 0 Å². The number of hydrogen-bond donors (Lipinski definition) is 1. The third-order valence-corrected chi connectivity index (χ3v) is 5.06. The van der Waals surface area contributed by atoms with Crippen molar-refractivity contribution < 1.29 is 8.42 Å². The first kappa shape index (κ1) is 12.6. The second kappa shape index (κ2) is 4.82. The number of rotatable bonds is 2. The number of aryl methyl sites for hydroxylation is 1. The van der Waals surface area contributed by atoms with Gasteiger partial charge in [-0.1, -0.05) is 11.6 Å². The quantitative estimate of drug-likeness (QED) is 0.839. The Morgan fingerprint density at radius 2 is 2.29 bits per heavy atom. The molecule has 0 amide bonds. The zero-order valence-electron chi connectivity index (χ0n) is 9.61. The van der Waals surface area contributed by atoms with Gasteiger partial charge in [-0.15, -0.1) is 0 Å². The number of sulfone groups is 1. The lowest BCUT2D eigenvalue weighted by atomic mass is 10.2. The highest BCUT2D eigenvalue weighted by atomic mass is 35.5. The average molecular weight is 275 g/mol. The third kappa shape index (κ3) is 3.33. The minimum absolute atomic E-state index is 0.0175. The van der Waals surface area contributed by atoms with Crippen molar-refractivity contribution in [2.24, 2.45) is 0 Å². The van der Waals surface area contributed by atoms with Gasteiger partial charge in [-0.2, -0.15) is 0 Å². The topological polar surface area (TPSA) is 59.1 Å². The monoisotopic (exact) mass is 274 g/mol. The Kier molecular flexibility index (Phi) is 3.58. The molecule has 0 saturated carbocycles. The maximum atomic E-state index is 11.5. The number of hydrogen-bond acceptors (Lipinski definition) is 4. The summed E-state index contributed by atoms with van der Waals surface area (Å²) in [5, 5.41) is 3.68. The van der Waals surface area contributed by atoms with Crippen LogP contribution in [0.1, 0.15) is 18.4 Å². The molecule has 0 aromatic carbocycles. The Balaban J connectivity index is 2.08. The predicted molar refractivity (Wildman–Crippen MR) is 69.3 cm³/mol. The molecule has 1 saturated heterocycles. The highest BCUT2D eigenvalue weighted by molar-refractivity contribution is 7.91. The van der Waals surface area contributed by atoms with Gasteiger partial charge in [0.25, 0.3) is 0 Å². The van der Waals surface area contributed by atoms with Crippen LogP contribution >= 0.6 is 11.6 Å². The SMILES string of the molecule is Cc1cc(NC2CCCS(=O)(=O)C2)cnc1Cl. The van der Waals surface area contributed by atoms with E-state index in [0.717, 1.165) is 24.1 Å². The smallest absolute Gasteiger partial charge is 0.152 e. The summed E-state index contributed by atoms with van der Waals surface area (Å²) < 4.78 is 23.0. The fourth-order valence-corrected chi connectivity index (χ4v) is 3.75. The molecule has 2 heterocycles. The summed E-state index contributed by atoms with van der Waals surface area (Å²) in [5.41, 5.74) is 1.71. The summed E-state index contributed by atoms with van der Waals surface area (Å²) in [5.74, 6) is 0.512. The van der Waals surface area contributed by atoms with Crippen LogP contribution in [0.15, 0.2) is 12.3 Å². The number of pyridine rings is 1. The second-order valence-corrected chi connectivity index (χ2v) is 7.02. The molecule has 1 aromatic rings. The molecule has 0 bridgehead atoms. The Morgan fingerprint density at radius 1 is 1.53 bits per heavy atom. The van der Waals surface area contributed by atoms with Crippen LogP contribution in [0.5, 0.6) is 0 Å². The molecule has 6 heteroatoms. The molecule has 1 atom stereocenters. The van der Waals surface area contributed by atoms with E-state index in [4.69, 9.17) is 11.6 Å². The number of halogens is 1. The molecule has 1 aliphatic rings. The van der Waals surface area contributed by atoms with E-state index in [1.807, 2.05) is 13.0 Å². The maximum absolute atomic E-state index is 11.5. The second-order valence-electron chi connectivity index (χ2n) is 4.43. The van der Waals surface area contributed by atoms with Crippen LogP contribution in [0.25, 0.3) is 0 Å². The van der Waals surface area contributed by atoms with E-state index in [0.29, 0.717) is 10.9 Å². The van der Waals surface area contributed by atoms with E-state index in [-0.39, 0.29) is 11.8 Å². The third-order valence-electron chi connectivity index (χ3n) is 2.85. The van der Waals surface area contributed by atoms with Gasteiger partial charge in [0.15, 0.2) is 9.84 Å². The van der Waals surface area contributed by atoms with E-state index in [1.54, 1.807) is 6.20 Å². The van der Waals surface area contributed by atoms with Crippen molar-refractivity contribution in [3.63, 3.8) is 0 Å². The predicted octanol–water partition coefficient (Wildman–Crippen LogP) is 2.03. The molecule has 2 rings (SSSR count). The summed E-state index contributed by atoms with van der Waals surface area (Å²) in [7, 11) is -2.88. The van der Waals surface area contributed by atoms with Crippen LogP contribution < -0.4 is 5.32 Å². The van der Waals surface area contributed by atoms with Crippen molar-refractivity contribution in [2.45, 2.75) is 25.8 Å². The first-order valence-electron chi connectivity index (χ1n) is 5.55. The largest absolute Gasteiger partial charge is 0.380 e. The Morgan fingerprint density at radius 3 is 2.94 bits per heavy atom. The molecule has 0 aliphatic carbocycles. The number of aromatic nitrogens is 1. The zero-order valence-corrected chi connectivity index (χ0v) is 11.2. The van der Waals surface area contributed by atoms with E-state index in [2.05, 4.69) is 10.3 Å². The first-order valence-corrected chi connectivity index (χ1v) is 7.75. The van der Waals surface area contributed by atoms with E-state index < -0.39 is 9.84 Å². The Labute approximate surface area is 106 Å². The molecule has 17 heavy (non-hydrogen) atoms. The zero-order chi connectivity index (χ0) is 12.5. The van der Waals surface area contributed by atoms with Crippen LogP contribution in [-0.4, -0.2) is 30.9 Å². The van der Waals surface area contributed by atoms with Gasteiger partial charge in [0.1, 0.15) is 5.15 Å². The molecule has 0 spiro atoms. The van der Waals surface area contributed by atoms with Crippen molar-refractivity contribution in [3.05, 3.63) is 23.0 Å². The molecule has 1 aromatic heterocycles. The average Bonchev–Trinajstić information content (AvgIpc) is 2.22. The van der Waals surface area contributed by atoms with Crippen molar-refractivity contribution in [1.82, 2.24) is 4.98 Å². The number of nitrogens with one attached hydrogen (secondary N) is 1. The fourth-order valence-electron chi connectivity index (χ4n) is 2.01. The Bertz CT molecular complexity index is 516. The van der Waals surface area contributed by atoms with Crippen LogP contribution in [0.4, 0.5) is 5.69 Å². The van der Waals surface area contributed by atoms with Gasteiger partial charge in [0.2, 0.25) is 0 Å². The van der Waals surface area contributed by atoms with Crippen LogP contribution in [0.2, 0.25) is 5.15 Å². The minimum Gasteiger partial charge on any atom is -0.380 e. The first-order chi connectivity index (χ1) is 7.96. The molecule has 1 fully saturated rings. The maximum Gasteiger partial charge on any atom is 0.152 e. The standard InChI is InChI=1S/C11H15ClN2O2S/c1-8-5-10(6-13-11(8)12)14-9-3-2-4-17(15,16)7-9/h5-6,9,14H,2-4,7H2,1H3. The van der Waals surface area contributed by atoms with Gasteiger partial charge in [0, 0.05) is 6.04 Å². The molecule has 4 nitrogen and oxygen atoms in total.